The molecule has 0 bridgehead atoms. The monoisotopic (exact) mass is 376 g/mol. The molecule has 0 aliphatic rings. The number of thioether (sulfide) groups is 1. The van der Waals surface area contributed by atoms with Crippen LogP contribution in [0.1, 0.15) is 10.4 Å². The quantitative estimate of drug-likeness (QED) is 0.448. The Hall–Kier alpha value is -2.63. The number of carbonyl (C=O) groups is 1. The predicted octanol–water partition coefficient (Wildman–Crippen LogP) is 5.94. The zero-order valence-electron chi connectivity index (χ0n) is 14.1. The Morgan fingerprint density at radius 1 is 0.962 bits per heavy atom. The Morgan fingerprint density at radius 3 is 2.46 bits per heavy atom. The first kappa shape index (κ1) is 16.8. The topological polar surface area (TPSA) is 42.0 Å². The number of aromatic nitrogens is 1. The van der Waals surface area contributed by atoms with Crippen LogP contribution >= 0.6 is 23.1 Å². The summed E-state index contributed by atoms with van der Waals surface area (Å²) in [5, 5.41) is 3.95. The lowest BCUT2D eigenvalue weighted by Gasteiger charge is -2.09. The van der Waals surface area contributed by atoms with Crippen molar-refractivity contribution in [3.8, 4) is 10.6 Å². The van der Waals surface area contributed by atoms with Crippen molar-refractivity contribution in [3.63, 3.8) is 0 Å². The molecule has 0 aliphatic heterocycles. The van der Waals surface area contributed by atoms with E-state index in [1.54, 1.807) is 23.1 Å². The molecule has 3 aromatic carbocycles. The van der Waals surface area contributed by atoms with Gasteiger partial charge in [-0.15, -0.1) is 23.1 Å². The second-order valence-electron chi connectivity index (χ2n) is 5.72. The number of nitrogens with one attached hydrogen (secondary N) is 1. The maximum atomic E-state index is 12.5. The molecular weight excluding hydrogens is 360 g/mol. The van der Waals surface area contributed by atoms with Crippen LogP contribution in [0.15, 0.2) is 77.7 Å². The lowest BCUT2D eigenvalue weighted by Crippen LogP contribution is -2.12. The molecule has 0 saturated heterocycles. The van der Waals surface area contributed by atoms with Crippen molar-refractivity contribution < 1.29 is 4.79 Å². The predicted molar refractivity (Wildman–Crippen MR) is 111 cm³/mol. The largest absolute Gasteiger partial charge is 0.322 e. The van der Waals surface area contributed by atoms with Crippen LogP contribution in [0.2, 0.25) is 0 Å². The third-order valence-electron chi connectivity index (χ3n) is 4.04. The number of hydrogen-bond donors (Lipinski definition) is 1. The van der Waals surface area contributed by atoms with Crippen LogP contribution in [0, 0.1) is 0 Å². The number of benzene rings is 3. The minimum absolute atomic E-state index is 0.0947. The Labute approximate surface area is 160 Å². The van der Waals surface area contributed by atoms with Gasteiger partial charge in [0.2, 0.25) is 0 Å². The first-order valence-electron chi connectivity index (χ1n) is 8.15. The van der Waals surface area contributed by atoms with E-state index in [2.05, 4.69) is 16.4 Å². The maximum absolute atomic E-state index is 12.5. The van der Waals surface area contributed by atoms with Gasteiger partial charge in [-0.1, -0.05) is 24.3 Å². The second kappa shape index (κ2) is 7.32. The van der Waals surface area contributed by atoms with Crippen molar-refractivity contribution in [2.24, 2.45) is 0 Å². The van der Waals surface area contributed by atoms with Gasteiger partial charge in [-0.2, -0.15) is 0 Å². The number of fused-ring (bicyclic) bond motifs is 1. The van der Waals surface area contributed by atoms with Gasteiger partial charge in [0.05, 0.1) is 15.8 Å². The highest BCUT2D eigenvalue weighted by Gasteiger charge is 2.11. The number of thiazole rings is 1. The summed E-state index contributed by atoms with van der Waals surface area (Å²) in [5.74, 6) is -0.0947. The molecule has 1 aromatic heterocycles. The van der Waals surface area contributed by atoms with E-state index in [9.17, 15) is 4.79 Å². The fraction of sp³-hybridized carbons (Fsp3) is 0.0476. The van der Waals surface area contributed by atoms with Crippen molar-refractivity contribution in [2.75, 3.05) is 11.6 Å². The number of hydrogen-bond acceptors (Lipinski definition) is 4. The van der Waals surface area contributed by atoms with Crippen LogP contribution in [-0.4, -0.2) is 17.1 Å². The van der Waals surface area contributed by atoms with E-state index in [1.807, 2.05) is 73.0 Å². The second-order valence-corrected chi connectivity index (χ2v) is 7.60. The van der Waals surface area contributed by atoms with E-state index in [1.165, 1.54) is 4.70 Å². The Balaban J connectivity index is 1.55. The number of amides is 1. The highest BCUT2D eigenvalue weighted by Crippen LogP contribution is 2.30. The molecule has 0 saturated carbocycles. The van der Waals surface area contributed by atoms with Crippen LogP contribution < -0.4 is 5.32 Å². The molecule has 4 rings (SSSR count). The van der Waals surface area contributed by atoms with E-state index >= 15 is 0 Å². The SMILES string of the molecule is CSc1ccccc1C(=O)Nc1ccc(-c2nc3ccccc3s2)cc1. The molecule has 1 amide bonds. The van der Waals surface area contributed by atoms with Gasteiger partial charge in [0.15, 0.2) is 0 Å². The van der Waals surface area contributed by atoms with Gasteiger partial charge in [-0.05, 0) is 54.8 Å². The van der Waals surface area contributed by atoms with Gasteiger partial charge in [0.25, 0.3) is 5.91 Å². The molecule has 128 valence electrons. The first-order chi connectivity index (χ1) is 12.7. The molecule has 1 N–H and O–H groups in total. The van der Waals surface area contributed by atoms with Gasteiger partial charge in [-0.25, -0.2) is 4.98 Å². The third-order valence-corrected chi connectivity index (χ3v) is 5.92. The van der Waals surface area contributed by atoms with Crippen LogP contribution in [0.4, 0.5) is 5.69 Å². The lowest BCUT2D eigenvalue weighted by atomic mass is 10.2. The average molecular weight is 377 g/mol. The average Bonchev–Trinajstić information content (AvgIpc) is 3.12. The summed E-state index contributed by atoms with van der Waals surface area (Å²) in [6.45, 7) is 0. The zero-order chi connectivity index (χ0) is 17.9. The molecule has 26 heavy (non-hydrogen) atoms. The van der Waals surface area contributed by atoms with Gasteiger partial charge in [-0.3, -0.25) is 4.79 Å². The minimum atomic E-state index is -0.0947. The highest BCUT2D eigenvalue weighted by molar-refractivity contribution is 7.98. The minimum Gasteiger partial charge on any atom is -0.322 e. The van der Waals surface area contributed by atoms with E-state index < -0.39 is 0 Å². The van der Waals surface area contributed by atoms with E-state index in [0.29, 0.717) is 5.56 Å². The zero-order valence-corrected chi connectivity index (χ0v) is 15.7. The number of carbonyl (C=O) groups excluding carboxylic acids is 1. The van der Waals surface area contributed by atoms with Crippen LogP contribution in [0.5, 0.6) is 0 Å². The summed E-state index contributed by atoms with van der Waals surface area (Å²) in [5.41, 5.74) is 3.53. The number of para-hydroxylation sites is 1. The van der Waals surface area contributed by atoms with Crippen molar-refractivity contribution in [1.29, 1.82) is 0 Å². The first-order valence-corrected chi connectivity index (χ1v) is 10.2. The van der Waals surface area contributed by atoms with Gasteiger partial charge in [0, 0.05) is 16.1 Å². The van der Waals surface area contributed by atoms with Crippen LogP contribution in [0.25, 0.3) is 20.8 Å². The molecule has 1 heterocycles. The van der Waals surface area contributed by atoms with Gasteiger partial charge in [0.1, 0.15) is 5.01 Å². The fourth-order valence-electron chi connectivity index (χ4n) is 2.72. The van der Waals surface area contributed by atoms with Crippen LogP contribution in [-0.2, 0) is 0 Å². The fourth-order valence-corrected chi connectivity index (χ4v) is 4.29. The van der Waals surface area contributed by atoms with Crippen molar-refractivity contribution in [1.82, 2.24) is 4.98 Å². The summed E-state index contributed by atoms with van der Waals surface area (Å²) < 4.78 is 1.17. The smallest absolute Gasteiger partial charge is 0.256 e. The van der Waals surface area contributed by atoms with E-state index in [0.717, 1.165) is 26.7 Å². The van der Waals surface area contributed by atoms with Crippen molar-refractivity contribution in [2.45, 2.75) is 4.90 Å². The van der Waals surface area contributed by atoms with Crippen LogP contribution in [0.3, 0.4) is 0 Å². The Bertz CT molecular complexity index is 1040. The number of rotatable bonds is 4. The molecule has 0 aliphatic carbocycles. The lowest BCUT2D eigenvalue weighted by molar-refractivity contribution is 0.102. The van der Waals surface area contributed by atoms with Crippen molar-refractivity contribution in [3.05, 3.63) is 78.4 Å². The highest BCUT2D eigenvalue weighted by atomic mass is 32.2. The Kier molecular flexibility index (Phi) is 4.73. The number of anilines is 1. The third kappa shape index (κ3) is 3.36. The van der Waals surface area contributed by atoms with E-state index in [-0.39, 0.29) is 5.91 Å². The molecular formula is C21H16N2OS2. The summed E-state index contributed by atoms with van der Waals surface area (Å²) in [6, 6.07) is 23.6. The molecule has 5 heteroatoms. The Morgan fingerprint density at radius 2 is 1.69 bits per heavy atom. The molecule has 0 spiro atoms. The molecule has 3 nitrogen and oxygen atoms in total. The standard InChI is InChI=1S/C21H16N2OS2/c1-25-18-8-4-2-6-16(18)20(24)22-15-12-10-14(11-13-15)21-23-17-7-3-5-9-19(17)26-21/h2-13H,1H3,(H,22,24). The molecule has 0 atom stereocenters. The van der Waals surface area contributed by atoms with Gasteiger partial charge < -0.3 is 5.32 Å². The number of nitrogens with zero attached hydrogens (tertiary/aromatic N) is 1. The summed E-state index contributed by atoms with van der Waals surface area (Å²) in [7, 11) is 0. The summed E-state index contributed by atoms with van der Waals surface area (Å²) in [6.07, 6.45) is 1.97. The van der Waals surface area contributed by atoms with Crippen molar-refractivity contribution >= 4 is 44.9 Å². The molecule has 0 unspecified atom stereocenters. The summed E-state index contributed by atoms with van der Waals surface area (Å²) in [4.78, 5) is 18.2. The van der Waals surface area contributed by atoms with E-state index in [4.69, 9.17) is 0 Å². The summed E-state index contributed by atoms with van der Waals surface area (Å²) >= 11 is 3.24. The molecule has 0 fully saturated rings. The normalized spacial score (nSPS) is 10.8. The molecule has 0 radical (unpaired) electrons. The maximum Gasteiger partial charge on any atom is 0.256 e. The molecule has 4 aromatic rings. The van der Waals surface area contributed by atoms with Gasteiger partial charge >= 0.3 is 0 Å².